The first kappa shape index (κ1) is 15.8. The van der Waals surface area contributed by atoms with Gasteiger partial charge in [-0.1, -0.05) is 10.7 Å². The molecular formula is C11H15IN2O3. The Hall–Kier alpha value is -1.18. The molecule has 0 N–H and O–H groups in total. The van der Waals surface area contributed by atoms with Gasteiger partial charge in [0.1, 0.15) is 6.42 Å². The van der Waals surface area contributed by atoms with Crippen LogP contribution in [0.2, 0.25) is 0 Å². The van der Waals surface area contributed by atoms with E-state index in [1.165, 1.54) is 5.01 Å². The van der Waals surface area contributed by atoms with Crippen LogP contribution in [0.25, 0.3) is 0 Å². The smallest absolute Gasteiger partial charge is 0.315 e. The van der Waals surface area contributed by atoms with Crippen LogP contribution in [0.3, 0.4) is 0 Å². The minimum atomic E-state index is -0.504. The highest BCUT2D eigenvalue weighted by atomic mass is 127. The molecule has 0 aromatic carbocycles. The van der Waals surface area contributed by atoms with Gasteiger partial charge < -0.3 is 28.7 Å². The molecule has 0 aliphatic rings. The lowest BCUT2D eigenvalue weighted by atomic mass is 10.4. The van der Waals surface area contributed by atoms with E-state index in [1.54, 1.807) is 43.2 Å². The summed E-state index contributed by atoms with van der Waals surface area (Å²) in [6, 6.07) is 5.45. The number of halogens is 1. The fraction of sp³-hybridized carbons (Fsp3) is 0.364. The van der Waals surface area contributed by atoms with Gasteiger partial charge in [0.15, 0.2) is 12.4 Å². The van der Waals surface area contributed by atoms with Crippen molar-refractivity contribution < 1.29 is 43.0 Å². The summed E-state index contributed by atoms with van der Waals surface area (Å²) in [7, 11) is 1.60. The van der Waals surface area contributed by atoms with Crippen molar-refractivity contribution in [3.63, 3.8) is 0 Å². The number of pyridine rings is 1. The highest BCUT2D eigenvalue weighted by Gasteiger charge is 2.20. The zero-order valence-electron chi connectivity index (χ0n) is 9.80. The molecule has 1 amide bonds. The van der Waals surface area contributed by atoms with Gasteiger partial charge in [-0.2, -0.15) is 0 Å². The molecule has 0 aliphatic heterocycles. The van der Waals surface area contributed by atoms with Gasteiger partial charge in [0.2, 0.25) is 0 Å². The zero-order valence-corrected chi connectivity index (χ0v) is 12.0. The first-order valence-electron chi connectivity index (χ1n) is 5.04. The van der Waals surface area contributed by atoms with E-state index in [9.17, 15) is 9.59 Å². The Morgan fingerprint density at radius 2 is 1.82 bits per heavy atom. The average molecular weight is 350 g/mol. The Bertz CT molecular complexity index is 370. The Morgan fingerprint density at radius 1 is 1.24 bits per heavy atom. The molecule has 0 saturated heterocycles. The molecule has 0 atom stereocenters. The highest BCUT2D eigenvalue weighted by molar-refractivity contribution is 5.98. The van der Waals surface area contributed by atoms with Crippen LogP contribution in [0.1, 0.15) is 13.3 Å². The molecule has 1 aromatic heterocycles. The van der Waals surface area contributed by atoms with Crippen molar-refractivity contribution >= 4 is 11.9 Å². The van der Waals surface area contributed by atoms with Gasteiger partial charge in [-0.15, -0.1) is 5.01 Å². The minimum Gasteiger partial charge on any atom is -1.00 e. The fourth-order valence-electron chi connectivity index (χ4n) is 1.17. The summed E-state index contributed by atoms with van der Waals surface area (Å²) < 4.78 is 6.30. The van der Waals surface area contributed by atoms with Crippen molar-refractivity contribution in [2.45, 2.75) is 13.3 Å². The van der Waals surface area contributed by atoms with Gasteiger partial charge in [0, 0.05) is 12.1 Å². The maximum absolute atomic E-state index is 11.6. The third-order valence-corrected chi connectivity index (χ3v) is 2.01. The normalized spacial score (nSPS) is 9.06. The second-order valence-electron chi connectivity index (χ2n) is 3.15. The van der Waals surface area contributed by atoms with Crippen LogP contribution < -0.4 is 33.7 Å². The molecule has 1 heterocycles. The van der Waals surface area contributed by atoms with E-state index < -0.39 is 5.97 Å². The van der Waals surface area contributed by atoms with E-state index >= 15 is 0 Å². The molecule has 94 valence electrons. The van der Waals surface area contributed by atoms with Crippen LogP contribution in [-0.2, 0) is 14.3 Å². The maximum atomic E-state index is 11.6. The van der Waals surface area contributed by atoms with Crippen LogP contribution in [0, 0.1) is 0 Å². The predicted molar refractivity (Wildman–Crippen MR) is 57.0 cm³/mol. The summed E-state index contributed by atoms with van der Waals surface area (Å²) in [5.41, 5.74) is 0. The summed E-state index contributed by atoms with van der Waals surface area (Å²) in [5.74, 6) is -0.814. The molecule has 5 nitrogen and oxygen atoms in total. The Balaban J connectivity index is 0.00000256. The number of carbonyl (C=O) groups is 2. The fourth-order valence-corrected chi connectivity index (χ4v) is 1.17. The number of aromatic nitrogens is 1. The molecule has 0 aliphatic carbocycles. The van der Waals surface area contributed by atoms with Crippen LogP contribution >= 0.6 is 0 Å². The number of rotatable bonds is 4. The number of amides is 1. The first-order chi connectivity index (χ1) is 7.65. The second kappa shape index (κ2) is 7.99. The topological polar surface area (TPSA) is 50.5 Å². The largest absolute Gasteiger partial charge is 1.00 e. The van der Waals surface area contributed by atoms with E-state index in [0.29, 0.717) is 0 Å². The molecule has 0 fully saturated rings. The van der Waals surface area contributed by atoms with E-state index in [1.807, 2.05) is 6.07 Å². The second-order valence-corrected chi connectivity index (χ2v) is 3.15. The maximum Gasteiger partial charge on any atom is 0.315 e. The Labute approximate surface area is 117 Å². The molecule has 0 spiro atoms. The lowest BCUT2D eigenvalue weighted by Crippen LogP contribution is -3.00. The van der Waals surface area contributed by atoms with Crippen LogP contribution in [-0.4, -0.2) is 25.5 Å². The van der Waals surface area contributed by atoms with Gasteiger partial charge in [-0.3, -0.25) is 9.59 Å². The lowest BCUT2D eigenvalue weighted by molar-refractivity contribution is -0.680. The molecule has 1 rings (SSSR count). The van der Waals surface area contributed by atoms with E-state index in [2.05, 4.69) is 0 Å². The highest BCUT2D eigenvalue weighted by Crippen LogP contribution is 1.90. The summed E-state index contributed by atoms with van der Waals surface area (Å²) in [6.45, 7) is 1.99. The third-order valence-electron chi connectivity index (χ3n) is 2.01. The molecule has 1 aromatic rings. The van der Waals surface area contributed by atoms with E-state index in [0.717, 1.165) is 0 Å². The molecule has 0 unspecified atom stereocenters. The van der Waals surface area contributed by atoms with E-state index in [-0.39, 0.29) is 42.9 Å². The molecule has 17 heavy (non-hydrogen) atoms. The standard InChI is InChI=1S/C11H15N2O3.HI/c1-3-16-11(15)9-10(14)12(2)13-7-5-4-6-8-13;/h4-8H,3,9H2,1-2H3;1H/q+1;/p-1. The lowest BCUT2D eigenvalue weighted by Gasteiger charge is -2.09. The van der Waals surface area contributed by atoms with Crippen molar-refractivity contribution in [1.29, 1.82) is 0 Å². The SMILES string of the molecule is CCOC(=O)CC(=O)N(C)[n+]1ccccc1.[I-]. The summed E-state index contributed by atoms with van der Waals surface area (Å²) in [5, 5.41) is 1.36. The van der Waals surface area contributed by atoms with Gasteiger partial charge in [-0.05, 0) is 6.92 Å². The molecule has 6 heteroatoms. The summed E-state index contributed by atoms with van der Waals surface area (Å²) >= 11 is 0. The zero-order chi connectivity index (χ0) is 12.0. The Morgan fingerprint density at radius 3 is 2.35 bits per heavy atom. The summed E-state index contributed by atoms with van der Waals surface area (Å²) in [6.07, 6.45) is 3.21. The minimum absolute atomic E-state index is 0. The molecule has 0 saturated carbocycles. The number of nitrogens with zero attached hydrogens (tertiary/aromatic N) is 2. The number of hydrogen-bond donors (Lipinski definition) is 0. The van der Waals surface area contributed by atoms with Gasteiger partial charge in [0.25, 0.3) is 5.91 Å². The number of ether oxygens (including phenoxy) is 1. The predicted octanol–water partition coefficient (Wildman–Crippen LogP) is -2.97. The van der Waals surface area contributed by atoms with Crippen LogP contribution in [0.4, 0.5) is 0 Å². The number of hydrogen-bond acceptors (Lipinski definition) is 3. The third kappa shape index (κ3) is 5.12. The van der Waals surface area contributed by atoms with Crippen molar-refractivity contribution in [1.82, 2.24) is 0 Å². The Kier molecular flexibility index (Phi) is 7.44. The quantitative estimate of drug-likeness (QED) is 0.252. The summed E-state index contributed by atoms with van der Waals surface area (Å²) in [4.78, 5) is 22.7. The van der Waals surface area contributed by atoms with E-state index in [4.69, 9.17) is 4.74 Å². The number of esters is 1. The van der Waals surface area contributed by atoms with Gasteiger partial charge in [0.05, 0.1) is 13.7 Å². The molecular weight excluding hydrogens is 335 g/mol. The number of carbonyl (C=O) groups excluding carboxylic acids is 2. The van der Waals surface area contributed by atoms with Crippen LogP contribution in [0.5, 0.6) is 0 Å². The van der Waals surface area contributed by atoms with Crippen molar-refractivity contribution in [3.05, 3.63) is 30.6 Å². The van der Waals surface area contributed by atoms with Crippen molar-refractivity contribution in [3.8, 4) is 0 Å². The van der Waals surface area contributed by atoms with Gasteiger partial charge >= 0.3 is 5.97 Å². The van der Waals surface area contributed by atoms with Gasteiger partial charge in [-0.25, -0.2) is 0 Å². The van der Waals surface area contributed by atoms with Crippen LogP contribution in [0.15, 0.2) is 30.6 Å². The average Bonchev–Trinajstić information content (AvgIpc) is 2.29. The monoisotopic (exact) mass is 350 g/mol. The first-order valence-corrected chi connectivity index (χ1v) is 5.04. The van der Waals surface area contributed by atoms with Crippen molar-refractivity contribution in [2.24, 2.45) is 0 Å². The van der Waals surface area contributed by atoms with Crippen molar-refractivity contribution in [2.75, 3.05) is 18.7 Å². The molecule has 0 radical (unpaired) electrons. The molecule has 0 bridgehead atoms.